The molecule has 0 heterocycles. The van der Waals surface area contributed by atoms with Crippen molar-refractivity contribution in [1.29, 1.82) is 0 Å². The van der Waals surface area contributed by atoms with E-state index in [-0.39, 0.29) is 34.0 Å². The van der Waals surface area contributed by atoms with E-state index in [4.69, 9.17) is 0 Å². The van der Waals surface area contributed by atoms with Crippen molar-refractivity contribution >= 4 is 0 Å². The summed E-state index contributed by atoms with van der Waals surface area (Å²) in [6.07, 6.45) is 0. The summed E-state index contributed by atoms with van der Waals surface area (Å²) < 4.78 is 3.69. The molecule has 0 saturated heterocycles. The molecule has 0 fully saturated rings. The third-order valence-electron chi connectivity index (χ3n) is 5.55. The average Bonchev–Trinajstić information content (AvgIpc) is 2.68. The monoisotopic (exact) mass is 580 g/mol. The Morgan fingerprint density at radius 3 is 1.05 bits per heavy atom. The van der Waals surface area contributed by atoms with Crippen LogP contribution >= 0.6 is 0 Å². The van der Waals surface area contributed by atoms with Gasteiger partial charge in [0.05, 0.1) is 0 Å². The number of allylic oxidation sites excluding steroid dienone is 8. The molecule has 2 unspecified atom stereocenters. The van der Waals surface area contributed by atoms with Crippen molar-refractivity contribution in [1.82, 2.24) is 0 Å². The van der Waals surface area contributed by atoms with Gasteiger partial charge in [0, 0.05) is 0 Å². The van der Waals surface area contributed by atoms with Crippen LogP contribution < -0.4 is 34.0 Å². The van der Waals surface area contributed by atoms with Gasteiger partial charge in [0.15, 0.2) is 0 Å². The molecule has 2 aliphatic rings. The molecule has 0 aromatic carbocycles. The van der Waals surface area contributed by atoms with Crippen LogP contribution in [0.1, 0.15) is 55.4 Å². The van der Waals surface area contributed by atoms with Gasteiger partial charge in [-0.2, -0.15) is 0 Å². The second-order valence-corrected chi connectivity index (χ2v) is 11.0. The Bertz CT molecular complexity index is 512. The van der Waals surface area contributed by atoms with Gasteiger partial charge in [-0.25, -0.2) is 0 Å². The summed E-state index contributed by atoms with van der Waals surface area (Å²) in [4.78, 5) is 0. The van der Waals surface area contributed by atoms with Gasteiger partial charge >= 0.3 is 130 Å². The topological polar surface area (TPSA) is 0 Å². The first-order valence-electron chi connectivity index (χ1n) is 7.31. The molecule has 21 heavy (non-hydrogen) atoms. The third kappa shape index (κ3) is 3.66. The molecule has 2 rings (SSSR count). The molecule has 116 valence electrons. The van der Waals surface area contributed by atoms with Crippen molar-refractivity contribution < 1.29 is 56.9 Å². The second-order valence-electron chi connectivity index (χ2n) is 6.26. The van der Waals surface area contributed by atoms with Crippen LogP contribution in [0.2, 0.25) is 0 Å². The number of rotatable bonds is 2. The van der Waals surface area contributed by atoms with Crippen LogP contribution in [0.15, 0.2) is 40.1 Å². The molecule has 2 aliphatic carbocycles. The molecule has 0 aromatic rings. The van der Waals surface area contributed by atoms with E-state index >= 15 is 0 Å². The van der Waals surface area contributed by atoms with E-state index in [9.17, 15) is 0 Å². The first-order valence-corrected chi connectivity index (χ1v) is 10.9. The van der Waals surface area contributed by atoms with Gasteiger partial charge in [-0.3, -0.25) is 0 Å². The minimum absolute atomic E-state index is 0. The molecule has 0 nitrogen and oxygen atoms in total. The van der Waals surface area contributed by atoms with E-state index in [0.717, 1.165) is 11.8 Å². The van der Waals surface area contributed by atoms with Crippen molar-refractivity contribution in [3.63, 3.8) is 0 Å². The van der Waals surface area contributed by atoms with Crippen molar-refractivity contribution in [2.75, 3.05) is 0 Å². The number of halogens is 2. The van der Waals surface area contributed by atoms with Crippen molar-refractivity contribution in [3.8, 4) is 0 Å². The average molecular weight is 581 g/mol. The van der Waals surface area contributed by atoms with Gasteiger partial charge in [-0.1, -0.05) is 0 Å². The van der Waals surface area contributed by atoms with Gasteiger partial charge < -0.3 is 34.0 Å². The Hall–Kier alpha value is 0.790. The quantitative estimate of drug-likeness (QED) is 0.390. The summed E-state index contributed by atoms with van der Waals surface area (Å²) in [5, 5.41) is 0. The number of hydrogen-bond donors (Lipinski definition) is 0. The van der Waals surface area contributed by atoms with Crippen molar-refractivity contribution in [3.05, 3.63) is 40.1 Å². The normalized spacial score (nSPS) is 25.3. The minimum Gasteiger partial charge on any atom is -1.00 e. The first-order chi connectivity index (χ1) is 8.77. The predicted octanol–water partition coefficient (Wildman–Crippen LogP) is -0.403. The third-order valence-corrected chi connectivity index (χ3v) is 13.3. The van der Waals surface area contributed by atoms with Gasteiger partial charge in [-0.05, 0) is 0 Å². The first kappa shape index (κ1) is 21.8. The van der Waals surface area contributed by atoms with E-state index in [2.05, 4.69) is 55.4 Å². The Morgan fingerprint density at radius 1 is 0.571 bits per heavy atom. The van der Waals surface area contributed by atoms with E-state index in [1.807, 2.05) is 6.66 Å². The van der Waals surface area contributed by atoms with Gasteiger partial charge in [0.2, 0.25) is 0 Å². The van der Waals surface area contributed by atoms with Crippen LogP contribution in [0, 0.1) is 11.8 Å². The summed E-state index contributed by atoms with van der Waals surface area (Å²) >= 11 is -0.856. The molecular weight excluding hydrogens is 554 g/mol. The maximum Gasteiger partial charge on any atom is -1.00 e. The fourth-order valence-electron chi connectivity index (χ4n) is 3.28. The maximum absolute atomic E-state index is 2.42. The predicted molar refractivity (Wildman–Crippen MR) is 80.5 cm³/mol. The molecule has 0 saturated carbocycles. The summed E-state index contributed by atoms with van der Waals surface area (Å²) in [5.41, 5.74) is 9.63. The van der Waals surface area contributed by atoms with Crippen LogP contribution in [0.5, 0.6) is 0 Å². The molecule has 0 radical (unpaired) electrons. The van der Waals surface area contributed by atoms with Crippen LogP contribution in [0.25, 0.3) is 0 Å². The van der Waals surface area contributed by atoms with E-state index in [0.29, 0.717) is 0 Å². The van der Waals surface area contributed by atoms with Crippen LogP contribution in [-0.2, 0) is 22.9 Å². The van der Waals surface area contributed by atoms with Crippen LogP contribution in [0.4, 0.5) is 0 Å². The zero-order valence-electron chi connectivity index (χ0n) is 14.4. The van der Waals surface area contributed by atoms with Gasteiger partial charge in [-0.15, -0.1) is 0 Å². The molecule has 0 N–H and O–H groups in total. The minimum atomic E-state index is -0.856. The van der Waals surface area contributed by atoms with Gasteiger partial charge in [0.1, 0.15) is 0 Å². The van der Waals surface area contributed by atoms with E-state index in [1.165, 1.54) is 0 Å². The summed E-state index contributed by atoms with van der Waals surface area (Å²) in [6.45, 7) is 18.8. The zero-order chi connectivity index (χ0) is 14.5. The van der Waals surface area contributed by atoms with Crippen molar-refractivity contribution in [2.24, 2.45) is 11.8 Å². The fraction of sp³-hybridized carbons (Fsp3) is 0.556. The maximum atomic E-state index is 2.42. The molecule has 3 heteroatoms. The molecule has 0 amide bonds. The number of hydrogen-bond acceptors (Lipinski definition) is 0. The summed E-state index contributed by atoms with van der Waals surface area (Å²) in [7, 11) is 0. The van der Waals surface area contributed by atoms with E-state index in [1.54, 1.807) is 33.4 Å². The summed E-state index contributed by atoms with van der Waals surface area (Å²) in [6, 6.07) is 0. The smallest absolute Gasteiger partial charge is 1.00 e. The Kier molecular flexibility index (Phi) is 8.36. The summed E-state index contributed by atoms with van der Waals surface area (Å²) in [5.74, 6) is 1.44. The SMILES string of the molecule is CC1=C(C)C(C)[C]([Hf+2][C]2=C(C)C(C)=C(C)C2C)=C1C.[Br-].[Br-]. The van der Waals surface area contributed by atoms with Crippen LogP contribution in [-0.4, -0.2) is 0 Å². The molecule has 0 aromatic heterocycles. The second kappa shape index (κ2) is 8.06. The van der Waals surface area contributed by atoms with Gasteiger partial charge in [0.25, 0.3) is 0 Å². The molecule has 0 bridgehead atoms. The largest absolute Gasteiger partial charge is 1.00 e. The molecule has 0 aliphatic heterocycles. The molecule has 0 spiro atoms. The fourth-order valence-corrected chi connectivity index (χ4v) is 10.1. The Labute approximate surface area is 163 Å². The zero-order valence-corrected chi connectivity index (χ0v) is 21.2. The standard InChI is InChI=1S/2C9H13.2BrH.Hf/c2*1-6-5-7(2)9(4)8(6)3;;;/h2*6H,1-4H3;2*1H;/q;;;;+2/p-2. The molecular formula is C18H26Br2Hf. The van der Waals surface area contributed by atoms with Crippen LogP contribution in [0.3, 0.4) is 0 Å². The molecule has 2 atom stereocenters. The van der Waals surface area contributed by atoms with E-state index < -0.39 is 22.9 Å². The van der Waals surface area contributed by atoms with Crippen molar-refractivity contribution in [2.45, 2.75) is 55.4 Å². The Balaban J connectivity index is 0.00000200. The Morgan fingerprint density at radius 2 is 0.857 bits per heavy atom.